The zero-order chi connectivity index (χ0) is 18.9. The number of hydrogen-bond acceptors (Lipinski definition) is 4. The Morgan fingerprint density at radius 3 is 1.88 bits per heavy atom. The predicted octanol–water partition coefficient (Wildman–Crippen LogP) is 6.11. The topological polar surface area (TPSA) is 52.6 Å². The number of unbranched alkanes of at least 4 members (excludes halogenated alkanes) is 8. The van der Waals surface area contributed by atoms with E-state index in [0.717, 1.165) is 38.5 Å². The predicted molar refractivity (Wildman–Crippen MR) is 105 cm³/mol. The van der Waals surface area contributed by atoms with E-state index in [2.05, 4.69) is 6.92 Å². The molecule has 0 amide bonds. The second-order valence-electron chi connectivity index (χ2n) is 7.65. The van der Waals surface area contributed by atoms with E-state index in [1.165, 1.54) is 57.8 Å². The first kappa shape index (κ1) is 23.0. The van der Waals surface area contributed by atoms with Crippen molar-refractivity contribution in [3.63, 3.8) is 0 Å². The molecule has 26 heavy (non-hydrogen) atoms. The van der Waals surface area contributed by atoms with Gasteiger partial charge in [0.15, 0.2) is 0 Å². The highest BCUT2D eigenvalue weighted by molar-refractivity contribution is 5.77. The number of esters is 2. The maximum atomic E-state index is 11.8. The van der Waals surface area contributed by atoms with Gasteiger partial charge >= 0.3 is 11.9 Å². The van der Waals surface area contributed by atoms with E-state index in [9.17, 15) is 9.59 Å². The molecular formula is C22H40O4. The molecule has 0 saturated heterocycles. The maximum absolute atomic E-state index is 11.8. The van der Waals surface area contributed by atoms with Gasteiger partial charge < -0.3 is 9.47 Å². The van der Waals surface area contributed by atoms with Crippen LogP contribution in [-0.4, -0.2) is 24.6 Å². The summed E-state index contributed by atoms with van der Waals surface area (Å²) >= 11 is 0. The highest BCUT2D eigenvalue weighted by Crippen LogP contribution is 2.20. The van der Waals surface area contributed by atoms with Crippen LogP contribution >= 0.6 is 0 Å². The SMILES string of the molecule is CCCCCCCCCCCOC(=O)CCC(=O)OC1CCCCCC1. The molecule has 0 atom stereocenters. The van der Waals surface area contributed by atoms with Crippen LogP contribution in [-0.2, 0) is 19.1 Å². The van der Waals surface area contributed by atoms with Crippen molar-refractivity contribution in [1.29, 1.82) is 0 Å². The molecule has 1 rings (SSSR count). The van der Waals surface area contributed by atoms with Crippen molar-refractivity contribution in [2.24, 2.45) is 0 Å². The lowest BCUT2D eigenvalue weighted by Crippen LogP contribution is -2.18. The first-order chi connectivity index (χ1) is 12.7. The Morgan fingerprint density at radius 1 is 0.731 bits per heavy atom. The molecule has 0 aromatic carbocycles. The summed E-state index contributed by atoms with van der Waals surface area (Å²) in [6.07, 6.45) is 18.2. The molecule has 0 heterocycles. The van der Waals surface area contributed by atoms with Gasteiger partial charge in [0.1, 0.15) is 6.10 Å². The van der Waals surface area contributed by atoms with Gasteiger partial charge in [0.05, 0.1) is 19.4 Å². The number of rotatable bonds is 14. The molecule has 1 saturated carbocycles. The average molecular weight is 369 g/mol. The molecule has 4 heteroatoms. The number of ether oxygens (including phenoxy) is 2. The lowest BCUT2D eigenvalue weighted by molar-refractivity contribution is -0.154. The zero-order valence-electron chi connectivity index (χ0n) is 16.9. The van der Waals surface area contributed by atoms with Crippen LogP contribution in [0.1, 0.15) is 116 Å². The van der Waals surface area contributed by atoms with Crippen molar-refractivity contribution in [1.82, 2.24) is 0 Å². The summed E-state index contributed by atoms with van der Waals surface area (Å²) < 4.78 is 10.7. The van der Waals surface area contributed by atoms with Gasteiger partial charge in [-0.05, 0) is 32.1 Å². The summed E-state index contributed by atoms with van der Waals surface area (Å²) in [6, 6.07) is 0. The Bertz CT molecular complexity index is 359. The monoisotopic (exact) mass is 368 g/mol. The molecule has 0 bridgehead atoms. The molecule has 1 fully saturated rings. The van der Waals surface area contributed by atoms with E-state index in [4.69, 9.17) is 9.47 Å². The lowest BCUT2D eigenvalue weighted by atomic mass is 10.1. The second kappa shape index (κ2) is 16.1. The van der Waals surface area contributed by atoms with E-state index in [0.29, 0.717) is 6.61 Å². The third-order valence-electron chi connectivity index (χ3n) is 5.14. The van der Waals surface area contributed by atoms with E-state index in [-0.39, 0.29) is 30.9 Å². The average Bonchev–Trinajstić information content (AvgIpc) is 2.90. The Labute approximate surface area is 160 Å². The normalized spacial score (nSPS) is 15.4. The first-order valence-corrected chi connectivity index (χ1v) is 11.1. The zero-order valence-corrected chi connectivity index (χ0v) is 16.9. The van der Waals surface area contributed by atoms with Gasteiger partial charge in [0.25, 0.3) is 0 Å². The summed E-state index contributed by atoms with van der Waals surface area (Å²) in [5.74, 6) is -0.528. The third kappa shape index (κ3) is 13.2. The second-order valence-corrected chi connectivity index (χ2v) is 7.65. The van der Waals surface area contributed by atoms with Crippen LogP contribution in [0, 0.1) is 0 Å². The Hall–Kier alpha value is -1.06. The lowest BCUT2D eigenvalue weighted by Gasteiger charge is -2.15. The first-order valence-electron chi connectivity index (χ1n) is 11.1. The molecule has 0 aromatic heterocycles. The quantitative estimate of drug-likeness (QED) is 0.211. The molecule has 0 aliphatic heterocycles. The van der Waals surface area contributed by atoms with Crippen molar-refractivity contribution in [2.45, 2.75) is 122 Å². The fourth-order valence-corrected chi connectivity index (χ4v) is 3.48. The number of carbonyl (C=O) groups excluding carboxylic acids is 2. The van der Waals surface area contributed by atoms with Crippen molar-refractivity contribution in [3.05, 3.63) is 0 Å². The molecule has 0 spiro atoms. The van der Waals surface area contributed by atoms with Crippen LogP contribution in [0.4, 0.5) is 0 Å². The van der Waals surface area contributed by atoms with Crippen LogP contribution < -0.4 is 0 Å². The van der Waals surface area contributed by atoms with Crippen molar-refractivity contribution >= 4 is 11.9 Å². The van der Waals surface area contributed by atoms with Gasteiger partial charge in [-0.15, -0.1) is 0 Å². The number of carbonyl (C=O) groups is 2. The molecule has 1 aliphatic rings. The Balaban J connectivity index is 1.90. The van der Waals surface area contributed by atoms with Crippen LogP contribution in [0.15, 0.2) is 0 Å². The third-order valence-corrected chi connectivity index (χ3v) is 5.14. The summed E-state index contributed by atoms with van der Waals surface area (Å²) in [6.45, 7) is 2.72. The van der Waals surface area contributed by atoms with E-state index in [1.807, 2.05) is 0 Å². The smallest absolute Gasteiger partial charge is 0.306 e. The molecule has 1 aliphatic carbocycles. The van der Waals surface area contributed by atoms with E-state index in [1.54, 1.807) is 0 Å². The molecular weight excluding hydrogens is 328 g/mol. The van der Waals surface area contributed by atoms with Crippen molar-refractivity contribution in [3.8, 4) is 0 Å². The Morgan fingerprint density at radius 2 is 1.27 bits per heavy atom. The van der Waals surface area contributed by atoms with Gasteiger partial charge in [-0.3, -0.25) is 9.59 Å². The van der Waals surface area contributed by atoms with Crippen LogP contribution in [0.2, 0.25) is 0 Å². The maximum Gasteiger partial charge on any atom is 0.306 e. The fraction of sp³-hybridized carbons (Fsp3) is 0.909. The molecule has 0 aromatic rings. The molecule has 0 unspecified atom stereocenters. The summed E-state index contributed by atoms with van der Waals surface area (Å²) in [5, 5.41) is 0. The van der Waals surface area contributed by atoms with Gasteiger partial charge in [-0.1, -0.05) is 71.1 Å². The molecule has 0 radical (unpaired) electrons. The van der Waals surface area contributed by atoms with Gasteiger partial charge in [0, 0.05) is 0 Å². The van der Waals surface area contributed by atoms with Crippen molar-refractivity contribution in [2.75, 3.05) is 6.61 Å². The highest BCUT2D eigenvalue weighted by Gasteiger charge is 2.17. The highest BCUT2D eigenvalue weighted by atomic mass is 16.5. The van der Waals surface area contributed by atoms with Crippen LogP contribution in [0.3, 0.4) is 0 Å². The molecule has 152 valence electrons. The van der Waals surface area contributed by atoms with Crippen molar-refractivity contribution < 1.29 is 19.1 Å². The van der Waals surface area contributed by atoms with Gasteiger partial charge in [-0.2, -0.15) is 0 Å². The molecule has 0 N–H and O–H groups in total. The standard InChI is InChI=1S/C22H40O4/c1-2-3-4-5-6-7-8-11-14-19-25-21(23)17-18-22(24)26-20-15-12-9-10-13-16-20/h20H,2-19H2,1H3. The van der Waals surface area contributed by atoms with Crippen LogP contribution in [0.25, 0.3) is 0 Å². The minimum Gasteiger partial charge on any atom is -0.466 e. The van der Waals surface area contributed by atoms with E-state index < -0.39 is 0 Å². The summed E-state index contributed by atoms with van der Waals surface area (Å²) in [7, 11) is 0. The summed E-state index contributed by atoms with van der Waals surface area (Å²) in [5.41, 5.74) is 0. The number of hydrogen-bond donors (Lipinski definition) is 0. The minimum absolute atomic E-state index is 0.0583. The minimum atomic E-state index is -0.276. The summed E-state index contributed by atoms with van der Waals surface area (Å²) in [4.78, 5) is 23.5. The largest absolute Gasteiger partial charge is 0.466 e. The van der Waals surface area contributed by atoms with Gasteiger partial charge in [-0.25, -0.2) is 0 Å². The molecule has 4 nitrogen and oxygen atoms in total. The van der Waals surface area contributed by atoms with Gasteiger partial charge in [0.2, 0.25) is 0 Å². The fourth-order valence-electron chi connectivity index (χ4n) is 3.48. The Kier molecular flexibility index (Phi) is 14.3. The van der Waals surface area contributed by atoms with E-state index >= 15 is 0 Å². The van der Waals surface area contributed by atoms with Crippen LogP contribution in [0.5, 0.6) is 0 Å².